The topological polar surface area (TPSA) is 38.7 Å². The summed E-state index contributed by atoms with van der Waals surface area (Å²) in [5, 5.41) is 10.7. The minimum absolute atomic E-state index is 0.109. The molecule has 3 nitrogen and oxygen atoms in total. The molecule has 1 saturated heterocycles. The zero-order chi connectivity index (χ0) is 19.7. The molecule has 1 fully saturated rings. The molecule has 0 spiro atoms. The molecule has 1 heterocycles. The summed E-state index contributed by atoms with van der Waals surface area (Å²) < 4.78 is 25.8. The lowest BCUT2D eigenvalue weighted by atomic mass is 9.92. The van der Waals surface area contributed by atoms with E-state index >= 15 is 0 Å². The summed E-state index contributed by atoms with van der Waals surface area (Å²) >= 11 is 0. The number of fused-ring (bicyclic) bond motifs is 2. The number of aliphatic hydroxyl groups excluding tert-OH is 1. The first-order valence-electron chi connectivity index (χ1n) is 10.4. The first-order chi connectivity index (χ1) is 13.5. The molecule has 0 amide bonds. The Balaban J connectivity index is 1.52. The van der Waals surface area contributed by atoms with E-state index < -0.39 is 11.9 Å². The van der Waals surface area contributed by atoms with Gasteiger partial charge in [-0.25, -0.2) is 4.39 Å². The van der Waals surface area contributed by atoms with Gasteiger partial charge in [0, 0.05) is 6.42 Å². The van der Waals surface area contributed by atoms with E-state index in [1.807, 2.05) is 0 Å². The molecule has 0 bridgehead atoms. The first-order valence-corrected chi connectivity index (χ1v) is 10.4. The van der Waals surface area contributed by atoms with Crippen LogP contribution in [0, 0.1) is 5.82 Å². The maximum absolute atomic E-state index is 13.7. The van der Waals surface area contributed by atoms with E-state index in [1.54, 1.807) is 6.07 Å². The first kappa shape index (κ1) is 19.6. The number of hydrogen-bond acceptors (Lipinski definition) is 3. The highest BCUT2D eigenvalue weighted by Gasteiger charge is 2.38. The summed E-state index contributed by atoms with van der Waals surface area (Å²) in [6.07, 6.45) is 4.20. The summed E-state index contributed by atoms with van der Waals surface area (Å²) in [7, 11) is 0. The molecule has 0 radical (unpaired) electrons. The van der Waals surface area contributed by atoms with E-state index in [1.165, 1.54) is 28.8 Å². The Morgan fingerprint density at radius 3 is 2.71 bits per heavy atom. The third kappa shape index (κ3) is 3.73. The predicted octanol–water partition coefficient (Wildman–Crippen LogP) is 4.87. The minimum Gasteiger partial charge on any atom is -0.388 e. The van der Waals surface area contributed by atoms with Crippen LogP contribution in [0.2, 0.25) is 0 Å². The molecule has 4 rings (SSSR count). The summed E-state index contributed by atoms with van der Waals surface area (Å²) in [6.45, 7) is 4.85. The van der Waals surface area contributed by atoms with Crippen molar-refractivity contribution in [2.45, 2.75) is 70.4 Å². The van der Waals surface area contributed by atoms with Gasteiger partial charge in [0.2, 0.25) is 0 Å². The Bertz CT molecular complexity index is 844. The molecule has 150 valence electrons. The van der Waals surface area contributed by atoms with Gasteiger partial charge >= 0.3 is 0 Å². The van der Waals surface area contributed by atoms with E-state index in [4.69, 9.17) is 9.47 Å². The molecule has 28 heavy (non-hydrogen) atoms. The van der Waals surface area contributed by atoms with Gasteiger partial charge in [0.25, 0.3) is 0 Å². The molecule has 2 atom stereocenters. The Morgan fingerprint density at radius 1 is 1.14 bits per heavy atom. The van der Waals surface area contributed by atoms with Crippen molar-refractivity contribution in [3.05, 3.63) is 70.0 Å². The highest BCUT2D eigenvalue weighted by molar-refractivity contribution is 5.45. The van der Waals surface area contributed by atoms with Crippen LogP contribution in [-0.2, 0) is 28.7 Å². The third-order valence-corrected chi connectivity index (χ3v) is 6.34. The van der Waals surface area contributed by atoms with Gasteiger partial charge in [-0.2, -0.15) is 0 Å². The third-order valence-electron chi connectivity index (χ3n) is 6.34. The molecule has 4 heteroatoms. The van der Waals surface area contributed by atoms with Crippen LogP contribution in [0.5, 0.6) is 0 Å². The maximum Gasteiger partial charge on any atom is 0.168 e. The Morgan fingerprint density at radius 2 is 1.96 bits per heavy atom. The van der Waals surface area contributed by atoms with Crippen LogP contribution in [0.1, 0.15) is 67.0 Å². The van der Waals surface area contributed by atoms with Crippen LogP contribution >= 0.6 is 0 Å². The fourth-order valence-electron chi connectivity index (χ4n) is 4.59. The molecule has 2 aromatic rings. The predicted molar refractivity (Wildman–Crippen MR) is 107 cm³/mol. The van der Waals surface area contributed by atoms with Crippen LogP contribution in [0.15, 0.2) is 36.4 Å². The number of hydrogen-bond donors (Lipinski definition) is 1. The lowest BCUT2D eigenvalue weighted by molar-refractivity contribution is -0.172. The molecular weight excluding hydrogens is 355 g/mol. The number of halogens is 1. The van der Waals surface area contributed by atoms with Gasteiger partial charge in [-0.1, -0.05) is 38.1 Å². The van der Waals surface area contributed by atoms with Crippen LogP contribution in [0.25, 0.3) is 0 Å². The van der Waals surface area contributed by atoms with Crippen LogP contribution in [-0.4, -0.2) is 23.6 Å². The highest BCUT2D eigenvalue weighted by Crippen LogP contribution is 2.35. The van der Waals surface area contributed by atoms with Gasteiger partial charge < -0.3 is 14.6 Å². The second-order valence-corrected chi connectivity index (χ2v) is 8.00. The molecule has 1 N–H and O–H groups in total. The van der Waals surface area contributed by atoms with Crippen LogP contribution < -0.4 is 0 Å². The summed E-state index contributed by atoms with van der Waals surface area (Å²) in [5.41, 5.74) is 5.39. The smallest absolute Gasteiger partial charge is 0.168 e. The number of rotatable bonds is 5. The van der Waals surface area contributed by atoms with E-state index in [0.29, 0.717) is 18.6 Å². The molecule has 2 aromatic carbocycles. The second kappa shape index (κ2) is 7.94. The van der Waals surface area contributed by atoms with Crippen molar-refractivity contribution in [1.82, 2.24) is 0 Å². The average molecular weight is 384 g/mol. The van der Waals surface area contributed by atoms with Gasteiger partial charge in [0.05, 0.1) is 18.8 Å². The molecule has 1 aliphatic heterocycles. The van der Waals surface area contributed by atoms with Crippen molar-refractivity contribution >= 4 is 0 Å². The highest BCUT2D eigenvalue weighted by atomic mass is 19.1. The van der Waals surface area contributed by atoms with E-state index in [-0.39, 0.29) is 11.9 Å². The van der Waals surface area contributed by atoms with Crippen molar-refractivity contribution in [2.75, 3.05) is 6.61 Å². The minimum atomic E-state index is -0.674. The molecular formula is C24H29FO3. The summed E-state index contributed by atoms with van der Waals surface area (Å²) in [5.74, 6) is -0.710. The van der Waals surface area contributed by atoms with Gasteiger partial charge in [0.15, 0.2) is 5.79 Å². The van der Waals surface area contributed by atoms with Gasteiger partial charge in [-0.3, -0.25) is 0 Å². The molecule has 0 unspecified atom stereocenters. The number of ether oxygens (including phenoxy) is 2. The number of aryl methyl sites for hydroxylation is 1. The van der Waals surface area contributed by atoms with Crippen molar-refractivity contribution in [3.8, 4) is 0 Å². The normalized spacial score (nSPS) is 23.1. The summed E-state index contributed by atoms with van der Waals surface area (Å²) in [4.78, 5) is 0. The zero-order valence-electron chi connectivity index (χ0n) is 16.7. The van der Waals surface area contributed by atoms with E-state index in [9.17, 15) is 9.50 Å². The molecule has 0 aromatic heterocycles. The van der Waals surface area contributed by atoms with Gasteiger partial charge in [-0.15, -0.1) is 0 Å². The number of aliphatic hydroxyl groups is 1. The van der Waals surface area contributed by atoms with Crippen molar-refractivity contribution in [2.24, 2.45) is 0 Å². The standard InChI is InChI=1S/C24H29FO3/c1-3-24(4-2)27-15-20(28-24)11-9-16-6-5-7-17-12-18-8-10-19(25)13-22(18)23(26)14-21(16)17/h5-8,10,13,20,23,26H,3-4,9,11-12,14-15H2,1-2H3/t20-,23+/m0/s1. The second-order valence-electron chi connectivity index (χ2n) is 8.00. The zero-order valence-corrected chi connectivity index (χ0v) is 16.7. The monoisotopic (exact) mass is 384 g/mol. The Labute approximate surface area is 166 Å². The summed E-state index contributed by atoms with van der Waals surface area (Å²) in [6, 6.07) is 11.1. The van der Waals surface area contributed by atoms with E-state index in [0.717, 1.165) is 37.7 Å². The van der Waals surface area contributed by atoms with Crippen LogP contribution in [0.3, 0.4) is 0 Å². The Hall–Kier alpha value is -1.75. The number of benzene rings is 2. The van der Waals surface area contributed by atoms with Crippen molar-refractivity contribution < 1.29 is 19.0 Å². The molecule has 1 aliphatic carbocycles. The van der Waals surface area contributed by atoms with Crippen molar-refractivity contribution in [1.29, 1.82) is 0 Å². The SMILES string of the molecule is CCC1(CC)OC[C@H](CCc2cccc3c2C[C@@H](O)c2cc(F)ccc2C3)O1. The molecule has 2 aliphatic rings. The van der Waals surface area contributed by atoms with Crippen LogP contribution in [0.4, 0.5) is 4.39 Å². The lowest BCUT2D eigenvalue weighted by Gasteiger charge is -2.25. The fourth-order valence-corrected chi connectivity index (χ4v) is 4.59. The fraction of sp³-hybridized carbons (Fsp3) is 0.500. The lowest BCUT2D eigenvalue weighted by Crippen LogP contribution is -2.29. The van der Waals surface area contributed by atoms with E-state index in [2.05, 4.69) is 32.0 Å². The maximum atomic E-state index is 13.7. The average Bonchev–Trinajstić information content (AvgIpc) is 3.07. The largest absolute Gasteiger partial charge is 0.388 e. The molecule has 0 saturated carbocycles. The van der Waals surface area contributed by atoms with Gasteiger partial charge in [0.1, 0.15) is 5.82 Å². The van der Waals surface area contributed by atoms with Gasteiger partial charge in [-0.05, 0) is 72.1 Å². The quantitative estimate of drug-likeness (QED) is 0.799. The Kier molecular flexibility index (Phi) is 5.55. The van der Waals surface area contributed by atoms with Crippen molar-refractivity contribution in [3.63, 3.8) is 0 Å².